The Hall–Kier alpha value is -3.45. The Balaban J connectivity index is 1.89. The zero-order chi connectivity index (χ0) is 21.3. The lowest BCUT2D eigenvalue weighted by Crippen LogP contribution is -2.29. The summed E-state index contributed by atoms with van der Waals surface area (Å²) in [4.78, 5) is 28.0. The van der Waals surface area contributed by atoms with Crippen LogP contribution in [0.5, 0.6) is 5.75 Å². The van der Waals surface area contributed by atoms with Crippen molar-refractivity contribution in [2.45, 2.75) is 12.6 Å². The Kier molecular flexibility index (Phi) is 5.37. The Morgan fingerprint density at radius 2 is 1.93 bits per heavy atom. The zero-order valence-corrected chi connectivity index (χ0v) is 16.9. The molecule has 0 bridgehead atoms. The van der Waals surface area contributed by atoms with Gasteiger partial charge in [-0.15, -0.1) is 11.3 Å². The predicted octanol–water partition coefficient (Wildman–Crippen LogP) is 4.52. The molecule has 0 radical (unpaired) electrons. The number of nitrogens with zero attached hydrogens (tertiary/aromatic N) is 1. The number of amides is 1. The predicted molar refractivity (Wildman–Crippen MR) is 112 cm³/mol. The van der Waals surface area contributed by atoms with Gasteiger partial charge in [0.05, 0.1) is 25.3 Å². The number of halogens is 1. The van der Waals surface area contributed by atoms with E-state index >= 15 is 0 Å². The highest BCUT2D eigenvalue weighted by molar-refractivity contribution is 7.09. The standard InChI is InChI=1S/C23H18FNO4S/c1-29-15-7-4-6-14(12-15)21(26)19-20(17-9-2-3-10-18(17)24)25(23(28)22(19)27)13-16-8-5-11-30-16/h2-12,20,26H,13H2,1H3/b21-19-. The molecule has 1 aromatic heterocycles. The maximum atomic E-state index is 14.7. The summed E-state index contributed by atoms with van der Waals surface area (Å²) in [5.74, 6) is -2.07. The number of ketones is 1. The summed E-state index contributed by atoms with van der Waals surface area (Å²) in [7, 11) is 1.48. The molecule has 1 amide bonds. The molecule has 1 aliphatic heterocycles. The second-order valence-corrected chi connectivity index (χ2v) is 7.79. The van der Waals surface area contributed by atoms with Crippen LogP contribution in [-0.4, -0.2) is 28.8 Å². The van der Waals surface area contributed by atoms with Crippen LogP contribution in [0.25, 0.3) is 5.76 Å². The minimum atomic E-state index is -1.04. The summed E-state index contributed by atoms with van der Waals surface area (Å²) in [5.41, 5.74) is 0.317. The third kappa shape index (κ3) is 3.48. The summed E-state index contributed by atoms with van der Waals surface area (Å²) in [5, 5.41) is 12.9. The fourth-order valence-corrected chi connectivity index (χ4v) is 4.26. The van der Waals surface area contributed by atoms with Gasteiger partial charge in [-0.05, 0) is 29.6 Å². The molecule has 4 rings (SSSR count). The van der Waals surface area contributed by atoms with E-state index in [1.807, 2.05) is 17.5 Å². The first kappa shape index (κ1) is 19.8. The van der Waals surface area contributed by atoms with Crippen molar-refractivity contribution in [3.8, 4) is 5.75 Å². The number of aliphatic hydroxyl groups excluding tert-OH is 1. The molecule has 1 aliphatic rings. The quantitative estimate of drug-likeness (QED) is 0.372. The van der Waals surface area contributed by atoms with E-state index in [0.29, 0.717) is 11.3 Å². The molecular formula is C23H18FNO4S. The first-order valence-electron chi connectivity index (χ1n) is 9.21. The minimum Gasteiger partial charge on any atom is -0.507 e. The van der Waals surface area contributed by atoms with Gasteiger partial charge < -0.3 is 14.7 Å². The molecule has 2 aromatic carbocycles. The molecule has 30 heavy (non-hydrogen) atoms. The maximum Gasteiger partial charge on any atom is 0.295 e. The van der Waals surface area contributed by atoms with Crippen molar-refractivity contribution in [3.63, 3.8) is 0 Å². The van der Waals surface area contributed by atoms with Gasteiger partial charge in [0, 0.05) is 16.0 Å². The third-order valence-corrected chi connectivity index (χ3v) is 5.85. The summed E-state index contributed by atoms with van der Waals surface area (Å²) in [6, 6.07) is 15.1. The van der Waals surface area contributed by atoms with E-state index in [1.54, 1.807) is 30.3 Å². The number of likely N-dealkylation sites (tertiary alicyclic amines) is 1. The van der Waals surface area contributed by atoms with Gasteiger partial charge in [0.1, 0.15) is 17.3 Å². The van der Waals surface area contributed by atoms with E-state index in [1.165, 1.54) is 41.5 Å². The highest BCUT2D eigenvalue weighted by atomic mass is 32.1. The lowest BCUT2D eigenvalue weighted by Gasteiger charge is -2.25. The van der Waals surface area contributed by atoms with Crippen molar-refractivity contribution in [1.82, 2.24) is 4.90 Å². The maximum absolute atomic E-state index is 14.7. The first-order chi connectivity index (χ1) is 14.5. The molecule has 0 aliphatic carbocycles. The fourth-order valence-electron chi connectivity index (χ4n) is 3.56. The number of Topliss-reactive ketones (excluding diaryl/α,β-unsaturated/α-hetero) is 1. The smallest absolute Gasteiger partial charge is 0.295 e. The van der Waals surface area contributed by atoms with Gasteiger partial charge >= 0.3 is 0 Å². The average Bonchev–Trinajstić information content (AvgIpc) is 3.36. The first-order valence-corrected chi connectivity index (χ1v) is 10.1. The van der Waals surface area contributed by atoms with Crippen molar-refractivity contribution < 1.29 is 23.8 Å². The average molecular weight is 423 g/mol. The Bertz CT molecular complexity index is 1140. The van der Waals surface area contributed by atoms with E-state index in [-0.39, 0.29) is 23.4 Å². The van der Waals surface area contributed by atoms with E-state index in [0.717, 1.165) is 4.88 Å². The number of thiophene rings is 1. The summed E-state index contributed by atoms with van der Waals surface area (Å²) in [6.07, 6.45) is 0. The van der Waals surface area contributed by atoms with Crippen molar-refractivity contribution >= 4 is 28.8 Å². The Morgan fingerprint density at radius 3 is 2.63 bits per heavy atom. The topological polar surface area (TPSA) is 66.8 Å². The van der Waals surface area contributed by atoms with Gasteiger partial charge in [-0.3, -0.25) is 9.59 Å². The number of rotatable bonds is 5. The molecule has 2 heterocycles. The second-order valence-electron chi connectivity index (χ2n) is 6.76. The van der Waals surface area contributed by atoms with Crippen LogP contribution in [-0.2, 0) is 16.1 Å². The molecule has 1 unspecified atom stereocenters. The SMILES string of the molecule is COc1cccc(/C(O)=C2/C(=O)C(=O)N(Cc3cccs3)C2c2ccccc2F)c1. The van der Waals surface area contributed by atoms with Crippen LogP contribution in [0.3, 0.4) is 0 Å². The Labute approximate surface area is 176 Å². The van der Waals surface area contributed by atoms with Crippen LogP contribution < -0.4 is 4.74 Å². The number of benzene rings is 2. The molecule has 0 saturated carbocycles. The summed E-state index contributed by atoms with van der Waals surface area (Å²) < 4.78 is 19.9. The number of carbonyl (C=O) groups excluding carboxylic acids is 2. The monoisotopic (exact) mass is 423 g/mol. The molecule has 1 saturated heterocycles. The van der Waals surface area contributed by atoms with E-state index < -0.39 is 23.5 Å². The van der Waals surface area contributed by atoms with Gasteiger partial charge in [0.2, 0.25) is 0 Å². The van der Waals surface area contributed by atoms with Crippen molar-refractivity contribution in [3.05, 3.63) is 93.4 Å². The van der Waals surface area contributed by atoms with Gasteiger partial charge in [0.25, 0.3) is 11.7 Å². The number of hydrogen-bond acceptors (Lipinski definition) is 5. The minimum absolute atomic E-state index is 0.135. The molecule has 3 aromatic rings. The van der Waals surface area contributed by atoms with Gasteiger partial charge in [-0.2, -0.15) is 0 Å². The third-order valence-electron chi connectivity index (χ3n) is 4.99. The second kappa shape index (κ2) is 8.12. The van der Waals surface area contributed by atoms with E-state index in [9.17, 15) is 19.1 Å². The number of carbonyl (C=O) groups is 2. The molecule has 7 heteroatoms. The number of ether oxygens (including phenoxy) is 1. The highest BCUT2D eigenvalue weighted by Crippen LogP contribution is 2.41. The normalized spacial score (nSPS) is 18.1. The van der Waals surface area contributed by atoms with Crippen LogP contribution in [0.1, 0.15) is 22.0 Å². The van der Waals surface area contributed by atoms with Gasteiger partial charge in [-0.1, -0.05) is 36.4 Å². The van der Waals surface area contributed by atoms with Crippen molar-refractivity contribution in [2.24, 2.45) is 0 Å². The molecule has 5 nitrogen and oxygen atoms in total. The molecule has 1 atom stereocenters. The van der Waals surface area contributed by atoms with Crippen LogP contribution in [0.4, 0.5) is 4.39 Å². The number of methoxy groups -OCH3 is 1. The van der Waals surface area contributed by atoms with Crippen LogP contribution in [0.15, 0.2) is 71.6 Å². The van der Waals surface area contributed by atoms with Gasteiger partial charge in [-0.25, -0.2) is 4.39 Å². The molecule has 1 N–H and O–H groups in total. The summed E-state index contributed by atoms with van der Waals surface area (Å²) in [6.45, 7) is 0.135. The largest absolute Gasteiger partial charge is 0.507 e. The molecule has 152 valence electrons. The zero-order valence-electron chi connectivity index (χ0n) is 16.0. The molecular weight excluding hydrogens is 405 g/mol. The molecule has 0 spiro atoms. The van der Waals surface area contributed by atoms with Crippen LogP contribution in [0.2, 0.25) is 0 Å². The summed E-state index contributed by atoms with van der Waals surface area (Å²) >= 11 is 1.43. The molecule has 1 fully saturated rings. The lowest BCUT2D eigenvalue weighted by atomic mass is 9.95. The van der Waals surface area contributed by atoms with Gasteiger partial charge in [0.15, 0.2) is 0 Å². The van der Waals surface area contributed by atoms with E-state index in [4.69, 9.17) is 4.74 Å². The van der Waals surface area contributed by atoms with Crippen LogP contribution >= 0.6 is 11.3 Å². The number of aliphatic hydroxyl groups is 1. The van der Waals surface area contributed by atoms with Crippen molar-refractivity contribution in [2.75, 3.05) is 7.11 Å². The van der Waals surface area contributed by atoms with E-state index in [2.05, 4.69) is 0 Å². The Morgan fingerprint density at radius 1 is 1.13 bits per heavy atom. The number of hydrogen-bond donors (Lipinski definition) is 1. The highest BCUT2D eigenvalue weighted by Gasteiger charge is 2.47. The fraction of sp³-hybridized carbons (Fsp3) is 0.130. The lowest BCUT2D eigenvalue weighted by molar-refractivity contribution is -0.140. The van der Waals surface area contributed by atoms with Crippen molar-refractivity contribution in [1.29, 1.82) is 0 Å². The van der Waals surface area contributed by atoms with Crippen LogP contribution in [0, 0.1) is 5.82 Å².